The zero-order chi connectivity index (χ0) is 9.68. The SMILES string of the molecule is COC1CCN(C(CN)CO)CC1. The van der Waals surface area contributed by atoms with Gasteiger partial charge in [-0.3, -0.25) is 4.90 Å². The van der Waals surface area contributed by atoms with Crippen LogP contribution in [0.4, 0.5) is 0 Å². The van der Waals surface area contributed by atoms with E-state index in [-0.39, 0.29) is 12.6 Å². The molecule has 0 spiro atoms. The second-order valence-electron chi connectivity index (χ2n) is 3.54. The summed E-state index contributed by atoms with van der Waals surface area (Å²) in [5.74, 6) is 0. The molecule has 1 saturated heterocycles. The maximum absolute atomic E-state index is 9.05. The molecule has 0 aliphatic carbocycles. The zero-order valence-electron chi connectivity index (χ0n) is 8.28. The number of aliphatic hydroxyl groups excluding tert-OH is 1. The van der Waals surface area contributed by atoms with Crippen LogP contribution in [0.3, 0.4) is 0 Å². The smallest absolute Gasteiger partial charge is 0.0599 e. The number of nitrogens with zero attached hydrogens (tertiary/aromatic N) is 1. The Labute approximate surface area is 79.7 Å². The Bertz CT molecular complexity index is 132. The lowest BCUT2D eigenvalue weighted by Gasteiger charge is -2.35. The molecule has 0 aromatic carbocycles. The predicted octanol–water partition coefficient (Wildman–Crippen LogP) is -0.583. The van der Waals surface area contributed by atoms with Gasteiger partial charge in [-0.25, -0.2) is 0 Å². The quantitative estimate of drug-likeness (QED) is 0.619. The Morgan fingerprint density at radius 2 is 2.15 bits per heavy atom. The van der Waals surface area contributed by atoms with Crippen molar-refractivity contribution in [3.63, 3.8) is 0 Å². The molecule has 0 saturated carbocycles. The Morgan fingerprint density at radius 1 is 1.54 bits per heavy atom. The van der Waals surface area contributed by atoms with E-state index in [1.807, 2.05) is 0 Å². The van der Waals surface area contributed by atoms with Crippen LogP contribution in [0.5, 0.6) is 0 Å². The van der Waals surface area contributed by atoms with E-state index in [1.165, 1.54) is 0 Å². The molecule has 1 aliphatic rings. The molecule has 13 heavy (non-hydrogen) atoms. The highest BCUT2D eigenvalue weighted by molar-refractivity contribution is 4.78. The van der Waals surface area contributed by atoms with E-state index < -0.39 is 0 Å². The summed E-state index contributed by atoms with van der Waals surface area (Å²) >= 11 is 0. The largest absolute Gasteiger partial charge is 0.395 e. The molecule has 4 heteroatoms. The third-order valence-corrected chi connectivity index (χ3v) is 2.81. The second kappa shape index (κ2) is 5.54. The summed E-state index contributed by atoms with van der Waals surface area (Å²) in [5, 5.41) is 9.05. The number of rotatable bonds is 4. The van der Waals surface area contributed by atoms with Crippen LogP contribution in [-0.2, 0) is 4.74 Å². The summed E-state index contributed by atoms with van der Waals surface area (Å²) < 4.78 is 5.27. The fourth-order valence-corrected chi connectivity index (χ4v) is 1.82. The molecule has 0 aromatic heterocycles. The molecule has 1 atom stereocenters. The standard InChI is InChI=1S/C9H20N2O2/c1-13-9-2-4-11(5-3-9)8(6-10)7-12/h8-9,12H,2-7,10H2,1H3. The summed E-state index contributed by atoms with van der Waals surface area (Å²) in [5.41, 5.74) is 5.55. The average Bonchev–Trinajstić information content (AvgIpc) is 2.21. The van der Waals surface area contributed by atoms with Gasteiger partial charge < -0.3 is 15.6 Å². The van der Waals surface area contributed by atoms with Gasteiger partial charge in [-0.05, 0) is 12.8 Å². The molecule has 1 rings (SSSR count). The highest BCUT2D eigenvalue weighted by atomic mass is 16.5. The Balaban J connectivity index is 2.30. The van der Waals surface area contributed by atoms with Crippen molar-refractivity contribution < 1.29 is 9.84 Å². The van der Waals surface area contributed by atoms with Crippen LogP contribution in [0.15, 0.2) is 0 Å². The van der Waals surface area contributed by atoms with Gasteiger partial charge in [0.25, 0.3) is 0 Å². The van der Waals surface area contributed by atoms with Crippen LogP contribution < -0.4 is 5.73 Å². The molecule has 3 N–H and O–H groups in total. The predicted molar refractivity (Wildman–Crippen MR) is 51.5 cm³/mol. The van der Waals surface area contributed by atoms with Crippen molar-refractivity contribution in [1.82, 2.24) is 4.90 Å². The molecule has 0 aromatic rings. The van der Waals surface area contributed by atoms with E-state index in [1.54, 1.807) is 7.11 Å². The minimum Gasteiger partial charge on any atom is -0.395 e. The summed E-state index contributed by atoms with van der Waals surface area (Å²) in [6.07, 6.45) is 2.49. The van der Waals surface area contributed by atoms with E-state index in [9.17, 15) is 0 Å². The molecule has 0 amide bonds. The number of hydrogen-bond acceptors (Lipinski definition) is 4. The first-order chi connectivity index (χ1) is 6.31. The number of ether oxygens (including phenoxy) is 1. The topological polar surface area (TPSA) is 58.7 Å². The van der Waals surface area contributed by atoms with E-state index in [0.29, 0.717) is 12.6 Å². The van der Waals surface area contributed by atoms with Crippen molar-refractivity contribution in [3.8, 4) is 0 Å². The van der Waals surface area contributed by atoms with Crippen LogP contribution >= 0.6 is 0 Å². The normalized spacial score (nSPS) is 23.3. The number of nitrogens with two attached hydrogens (primary N) is 1. The number of aliphatic hydroxyl groups is 1. The monoisotopic (exact) mass is 188 g/mol. The van der Waals surface area contributed by atoms with Crippen molar-refractivity contribution in [2.24, 2.45) is 5.73 Å². The minimum atomic E-state index is 0.137. The summed E-state index contributed by atoms with van der Waals surface area (Å²) in [6, 6.07) is 0.137. The van der Waals surface area contributed by atoms with Gasteiger partial charge in [0.05, 0.1) is 12.7 Å². The van der Waals surface area contributed by atoms with E-state index in [0.717, 1.165) is 25.9 Å². The van der Waals surface area contributed by atoms with Crippen molar-refractivity contribution >= 4 is 0 Å². The van der Waals surface area contributed by atoms with Crippen LogP contribution in [0.1, 0.15) is 12.8 Å². The lowest BCUT2D eigenvalue weighted by molar-refractivity contribution is 0.0182. The highest BCUT2D eigenvalue weighted by Gasteiger charge is 2.23. The first-order valence-corrected chi connectivity index (χ1v) is 4.89. The van der Waals surface area contributed by atoms with Crippen LogP contribution in [0, 0.1) is 0 Å². The summed E-state index contributed by atoms with van der Waals surface area (Å²) in [4.78, 5) is 2.25. The fraction of sp³-hybridized carbons (Fsp3) is 1.00. The van der Waals surface area contributed by atoms with E-state index in [4.69, 9.17) is 15.6 Å². The molecule has 0 radical (unpaired) electrons. The highest BCUT2D eigenvalue weighted by Crippen LogP contribution is 2.14. The number of likely N-dealkylation sites (tertiary alicyclic amines) is 1. The molecule has 1 fully saturated rings. The average molecular weight is 188 g/mol. The third-order valence-electron chi connectivity index (χ3n) is 2.81. The van der Waals surface area contributed by atoms with Gasteiger partial charge in [0, 0.05) is 32.8 Å². The van der Waals surface area contributed by atoms with Crippen LogP contribution in [0.2, 0.25) is 0 Å². The Hall–Kier alpha value is -0.160. The number of piperidine rings is 1. The molecule has 4 nitrogen and oxygen atoms in total. The molecule has 1 aliphatic heterocycles. The van der Waals surface area contributed by atoms with Crippen molar-refractivity contribution in [3.05, 3.63) is 0 Å². The van der Waals surface area contributed by atoms with E-state index in [2.05, 4.69) is 4.90 Å². The number of hydrogen-bond donors (Lipinski definition) is 2. The lowest BCUT2D eigenvalue weighted by Crippen LogP contribution is -2.48. The van der Waals surface area contributed by atoms with Gasteiger partial charge in [0.1, 0.15) is 0 Å². The Morgan fingerprint density at radius 3 is 2.54 bits per heavy atom. The minimum absolute atomic E-state index is 0.137. The van der Waals surface area contributed by atoms with E-state index >= 15 is 0 Å². The molecule has 1 heterocycles. The number of methoxy groups -OCH3 is 1. The van der Waals surface area contributed by atoms with Gasteiger partial charge in [-0.2, -0.15) is 0 Å². The van der Waals surface area contributed by atoms with Gasteiger partial charge in [-0.15, -0.1) is 0 Å². The second-order valence-corrected chi connectivity index (χ2v) is 3.54. The van der Waals surface area contributed by atoms with Crippen molar-refractivity contribution in [2.75, 3.05) is 33.4 Å². The molecular formula is C9H20N2O2. The maximum atomic E-state index is 9.05. The zero-order valence-corrected chi connectivity index (χ0v) is 8.28. The lowest BCUT2D eigenvalue weighted by atomic mass is 10.1. The molecule has 78 valence electrons. The molecular weight excluding hydrogens is 168 g/mol. The third kappa shape index (κ3) is 2.91. The van der Waals surface area contributed by atoms with Gasteiger partial charge in [-0.1, -0.05) is 0 Å². The maximum Gasteiger partial charge on any atom is 0.0599 e. The first kappa shape index (κ1) is 10.9. The van der Waals surface area contributed by atoms with Crippen molar-refractivity contribution in [2.45, 2.75) is 25.0 Å². The molecule has 0 bridgehead atoms. The first-order valence-electron chi connectivity index (χ1n) is 4.89. The Kier molecular flexibility index (Phi) is 4.66. The van der Waals surface area contributed by atoms with Crippen molar-refractivity contribution in [1.29, 1.82) is 0 Å². The molecule has 1 unspecified atom stereocenters. The van der Waals surface area contributed by atoms with Gasteiger partial charge in [0.15, 0.2) is 0 Å². The van der Waals surface area contributed by atoms with Crippen LogP contribution in [-0.4, -0.2) is 55.5 Å². The van der Waals surface area contributed by atoms with Gasteiger partial charge >= 0.3 is 0 Å². The summed E-state index contributed by atoms with van der Waals surface area (Å²) in [6.45, 7) is 2.67. The van der Waals surface area contributed by atoms with Gasteiger partial charge in [0.2, 0.25) is 0 Å². The van der Waals surface area contributed by atoms with Crippen LogP contribution in [0.25, 0.3) is 0 Å². The summed E-state index contributed by atoms with van der Waals surface area (Å²) in [7, 11) is 1.76. The fourth-order valence-electron chi connectivity index (χ4n) is 1.82.